The molecule has 2 atom stereocenters. The lowest BCUT2D eigenvalue weighted by molar-refractivity contribution is 0.177. The molecule has 10 heteroatoms. The zero-order valence-electron chi connectivity index (χ0n) is 20.0. The third-order valence-electron chi connectivity index (χ3n) is 5.15. The van der Waals surface area contributed by atoms with Crippen molar-refractivity contribution >= 4 is 21.4 Å². The van der Waals surface area contributed by atoms with E-state index in [0.717, 1.165) is 11.8 Å². The van der Waals surface area contributed by atoms with Crippen LogP contribution in [0, 0.1) is 11.6 Å². The van der Waals surface area contributed by atoms with Crippen molar-refractivity contribution in [1.82, 2.24) is 9.97 Å². The quantitative estimate of drug-likeness (QED) is 0.493. The van der Waals surface area contributed by atoms with Crippen molar-refractivity contribution in [3.63, 3.8) is 0 Å². The highest BCUT2D eigenvalue weighted by Crippen LogP contribution is 2.33. The Hall–Kier alpha value is -3.27. The number of aromatic nitrogens is 2. The van der Waals surface area contributed by atoms with Gasteiger partial charge in [-0.15, -0.1) is 0 Å². The topological polar surface area (TPSA) is 85.7 Å². The first-order chi connectivity index (χ1) is 16.6. The molecule has 2 aromatic carbocycles. The number of fused-ring (bicyclic) bond motifs is 6. The van der Waals surface area contributed by atoms with Crippen molar-refractivity contribution < 1.29 is 22.5 Å². The zero-order valence-corrected chi connectivity index (χ0v) is 20.9. The van der Waals surface area contributed by atoms with Crippen LogP contribution >= 0.6 is 0 Å². The lowest BCUT2D eigenvalue weighted by Crippen LogP contribution is -2.17. The van der Waals surface area contributed by atoms with Gasteiger partial charge in [0.1, 0.15) is 23.0 Å². The van der Waals surface area contributed by atoms with E-state index in [0.29, 0.717) is 23.4 Å². The lowest BCUT2D eigenvalue weighted by atomic mass is 10.1. The summed E-state index contributed by atoms with van der Waals surface area (Å²) in [6, 6.07) is 9.24. The molecule has 0 saturated heterocycles. The molecule has 0 spiro atoms. The highest BCUT2D eigenvalue weighted by molar-refractivity contribution is 7.92. The van der Waals surface area contributed by atoms with Gasteiger partial charge in [0.05, 0.1) is 30.7 Å². The molecule has 4 rings (SSSR count). The standard InChI is InChI=1S/C25H28F2N4O3S/c1-15(2)31-35(4,32)14-17-9-19-12-20(10-17)34-16(3)7-8-33-23-11-18(26)5-6-21(23)24-22(27)13-28-25(29-19)30-24/h5-6,9-13,15-16H,7-8,14H2,1-4H3,(H,28,29,30). The fourth-order valence-corrected chi connectivity index (χ4v) is 5.61. The highest BCUT2D eigenvalue weighted by atomic mass is 32.2. The van der Waals surface area contributed by atoms with Crippen molar-refractivity contribution in [1.29, 1.82) is 0 Å². The molecule has 1 aliphatic rings. The Morgan fingerprint density at radius 3 is 2.80 bits per heavy atom. The van der Waals surface area contributed by atoms with Gasteiger partial charge in [0.2, 0.25) is 5.95 Å². The van der Waals surface area contributed by atoms with Crippen LogP contribution in [0.15, 0.2) is 47.0 Å². The van der Waals surface area contributed by atoms with E-state index in [1.807, 2.05) is 32.9 Å². The summed E-state index contributed by atoms with van der Waals surface area (Å²) in [7, 11) is -2.46. The molecule has 1 N–H and O–H groups in total. The second-order valence-electron chi connectivity index (χ2n) is 8.89. The number of ether oxygens (including phenoxy) is 2. The van der Waals surface area contributed by atoms with Crippen molar-refractivity contribution in [2.45, 2.75) is 45.1 Å². The van der Waals surface area contributed by atoms with Gasteiger partial charge < -0.3 is 14.8 Å². The van der Waals surface area contributed by atoms with Crippen LogP contribution in [0.2, 0.25) is 0 Å². The van der Waals surface area contributed by atoms with Gasteiger partial charge in [-0.3, -0.25) is 0 Å². The van der Waals surface area contributed by atoms with E-state index < -0.39 is 21.4 Å². The molecule has 35 heavy (non-hydrogen) atoms. The van der Waals surface area contributed by atoms with E-state index in [2.05, 4.69) is 19.6 Å². The van der Waals surface area contributed by atoms with Gasteiger partial charge in [0.15, 0.2) is 5.82 Å². The van der Waals surface area contributed by atoms with Gasteiger partial charge in [0.25, 0.3) is 0 Å². The minimum atomic E-state index is -2.46. The predicted molar refractivity (Wildman–Crippen MR) is 133 cm³/mol. The first kappa shape index (κ1) is 24.8. The maximum absolute atomic E-state index is 14.7. The molecule has 0 amide bonds. The summed E-state index contributed by atoms with van der Waals surface area (Å²) < 4.78 is 57.9. The van der Waals surface area contributed by atoms with Gasteiger partial charge in [-0.1, -0.05) is 0 Å². The molecular weight excluding hydrogens is 474 g/mol. The van der Waals surface area contributed by atoms with Crippen LogP contribution in [-0.2, 0) is 15.5 Å². The molecule has 0 radical (unpaired) electrons. The minimum Gasteiger partial charge on any atom is -0.493 e. The number of nitrogens with one attached hydrogen (secondary N) is 1. The summed E-state index contributed by atoms with van der Waals surface area (Å²) in [5, 5.41) is 3.08. The first-order valence-electron chi connectivity index (χ1n) is 11.3. The summed E-state index contributed by atoms with van der Waals surface area (Å²) in [6.45, 7) is 5.89. The predicted octanol–water partition coefficient (Wildman–Crippen LogP) is 5.72. The Balaban J connectivity index is 1.79. The molecule has 0 aliphatic carbocycles. The highest BCUT2D eigenvalue weighted by Gasteiger charge is 2.18. The Labute approximate surface area is 204 Å². The Kier molecular flexibility index (Phi) is 7.20. The number of anilines is 2. The average Bonchev–Trinajstić information content (AvgIpc) is 2.73. The summed E-state index contributed by atoms with van der Waals surface area (Å²) in [5.41, 5.74) is 1.66. The van der Waals surface area contributed by atoms with Crippen LogP contribution in [0.3, 0.4) is 0 Å². The smallest absolute Gasteiger partial charge is 0.227 e. The number of nitrogens with zero attached hydrogens (tertiary/aromatic N) is 3. The molecule has 2 heterocycles. The number of rotatable bonds is 3. The monoisotopic (exact) mass is 502 g/mol. The van der Waals surface area contributed by atoms with E-state index in [1.165, 1.54) is 18.2 Å². The summed E-state index contributed by atoms with van der Waals surface area (Å²) in [4.78, 5) is 8.38. The molecule has 4 bridgehead atoms. The van der Waals surface area contributed by atoms with Crippen molar-refractivity contribution in [2.75, 3.05) is 18.2 Å². The SMILES string of the molecule is CC(C)N=S(C)(=O)Cc1cc2cc(c1)OC(C)CCOc1cc(F)ccc1-c1nc(ncc1F)N2. The molecule has 1 aromatic heterocycles. The third kappa shape index (κ3) is 6.45. The van der Waals surface area contributed by atoms with Crippen LogP contribution in [0.25, 0.3) is 11.3 Å². The fraction of sp³-hybridized carbons (Fsp3) is 0.360. The lowest BCUT2D eigenvalue weighted by Gasteiger charge is -2.19. The maximum Gasteiger partial charge on any atom is 0.227 e. The van der Waals surface area contributed by atoms with E-state index in [4.69, 9.17) is 9.47 Å². The van der Waals surface area contributed by atoms with Crippen LogP contribution in [0.1, 0.15) is 32.8 Å². The van der Waals surface area contributed by atoms with Crippen molar-refractivity contribution in [3.05, 3.63) is 59.8 Å². The van der Waals surface area contributed by atoms with E-state index >= 15 is 0 Å². The number of hydrogen-bond donors (Lipinski definition) is 1. The molecule has 3 aromatic rings. The van der Waals surface area contributed by atoms with Crippen LogP contribution in [0.5, 0.6) is 11.5 Å². The fourth-order valence-electron chi connectivity index (χ4n) is 3.86. The average molecular weight is 503 g/mol. The van der Waals surface area contributed by atoms with Gasteiger partial charge in [-0.25, -0.2) is 27.3 Å². The molecule has 2 unspecified atom stereocenters. The number of halogens is 2. The third-order valence-corrected chi connectivity index (χ3v) is 6.89. The van der Waals surface area contributed by atoms with E-state index in [1.54, 1.807) is 12.3 Å². The molecule has 7 nitrogen and oxygen atoms in total. The van der Waals surface area contributed by atoms with Crippen LogP contribution < -0.4 is 14.8 Å². The van der Waals surface area contributed by atoms with Crippen LogP contribution in [0.4, 0.5) is 20.4 Å². The molecule has 186 valence electrons. The Bertz CT molecular complexity index is 1360. The van der Waals surface area contributed by atoms with E-state index in [9.17, 15) is 13.0 Å². The second kappa shape index (κ2) is 10.2. The summed E-state index contributed by atoms with van der Waals surface area (Å²) in [5.74, 6) is -0.0435. The van der Waals surface area contributed by atoms with Crippen molar-refractivity contribution in [2.24, 2.45) is 4.36 Å². The van der Waals surface area contributed by atoms with Gasteiger partial charge in [0, 0.05) is 45.8 Å². The molecular formula is C25H28F2N4O3S. The summed E-state index contributed by atoms with van der Waals surface area (Å²) >= 11 is 0. The Morgan fingerprint density at radius 2 is 2.03 bits per heavy atom. The van der Waals surface area contributed by atoms with Crippen LogP contribution in [-0.4, -0.2) is 39.2 Å². The van der Waals surface area contributed by atoms with Crippen molar-refractivity contribution in [3.8, 4) is 22.8 Å². The molecule has 1 aliphatic heterocycles. The number of hydrogen-bond acceptors (Lipinski definition) is 7. The normalized spacial score (nSPS) is 17.2. The zero-order chi connectivity index (χ0) is 25.2. The largest absolute Gasteiger partial charge is 0.493 e. The minimum absolute atomic E-state index is 0.0115. The number of benzene rings is 2. The summed E-state index contributed by atoms with van der Waals surface area (Å²) in [6.07, 6.45) is 2.94. The van der Waals surface area contributed by atoms with Gasteiger partial charge >= 0.3 is 0 Å². The van der Waals surface area contributed by atoms with E-state index in [-0.39, 0.29) is 41.9 Å². The Morgan fingerprint density at radius 1 is 1.23 bits per heavy atom. The first-order valence-corrected chi connectivity index (χ1v) is 13.4. The molecule has 0 saturated carbocycles. The van der Waals surface area contributed by atoms with Gasteiger partial charge in [-0.2, -0.15) is 0 Å². The second-order valence-corrected chi connectivity index (χ2v) is 11.3. The van der Waals surface area contributed by atoms with Gasteiger partial charge in [-0.05, 0) is 50.6 Å². The molecule has 0 fully saturated rings. The maximum atomic E-state index is 14.7.